The van der Waals surface area contributed by atoms with E-state index >= 15 is 0 Å². The summed E-state index contributed by atoms with van der Waals surface area (Å²) in [5.74, 6) is -0.112. The number of H-pyrrole nitrogens is 1. The summed E-state index contributed by atoms with van der Waals surface area (Å²) >= 11 is 0. The number of halogens is 2. The number of nitrogens with one attached hydrogen (secondary N) is 1. The number of nitrogens with zero attached hydrogens (tertiary/aromatic N) is 2. The Bertz CT molecular complexity index is 1430. The zero-order valence-corrected chi connectivity index (χ0v) is 17.2. The van der Waals surface area contributed by atoms with Gasteiger partial charge in [0.05, 0.1) is 17.8 Å². The lowest BCUT2D eigenvalue weighted by Gasteiger charge is -2.14. The molecule has 0 radical (unpaired) electrons. The number of furan rings is 1. The van der Waals surface area contributed by atoms with Crippen molar-refractivity contribution in [3.8, 4) is 17.1 Å². The monoisotopic (exact) mass is 431 g/mol. The average Bonchev–Trinajstić information content (AvgIpc) is 3.34. The van der Waals surface area contributed by atoms with Gasteiger partial charge in [-0.15, -0.1) is 0 Å². The van der Waals surface area contributed by atoms with Crippen LogP contribution in [-0.2, 0) is 12.8 Å². The molecule has 0 fully saturated rings. The van der Waals surface area contributed by atoms with Crippen LogP contribution in [0.4, 0.5) is 8.78 Å². The molecule has 3 heterocycles. The molecule has 3 aromatic rings. The highest BCUT2D eigenvalue weighted by Crippen LogP contribution is 2.26. The van der Waals surface area contributed by atoms with Crippen molar-refractivity contribution in [1.29, 1.82) is 0 Å². The summed E-state index contributed by atoms with van der Waals surface area (Å²) in [4.78, 5) is 20.9. The normalized spacial score (nSPS) is 11.3. The van der Waals surface area contributed by atoms with Crippen LogP contribution in [0.5, 0.6) is 0 Å². The summed E-state index contributed by atoms with van der Waals surface area (Å²) in [6, 6.07) is 17.2. The fourth-order valence-corrected chi connectivity index (χ4v) is 3.81. The number of benzene rings is 2. The molecule has 0 atom stereocenters. The summed E-state index contributed by atoms with van der Waals surface area (Å²) < 4.78 is 35.4. The van der Waals surface area contributed by atoms with Crippen LogP contribution < -0.4 is 5.56 Å². The van der Waals surface area contributed by atoms with Gasteiger partial charge in [0.15, 0.2) is 17.5 Å². The third-order valence-corrected chi connectivity index (χ3v) is 5.35. The van der Waals surface area contributed by atoms with E-state index in [1.54, 1.807) is 0 Å². The lowest BCUT2D eigenvalue weighted by molar-refractivity contribution is 0.491. The minimum absolute atomic E-state index is 0.0394. The van der Waals surface area contributed by atoms with Gasteiger partial charge in [0.2, 0.25) is 0 Å². The second-order valence-electron chi connectivity index (χ2n) is 7.66. The zero-order chi connectivity index (χ0) is 22.2. The van der Waals surface area contributed by atoms with Crippen molar-refractivity contribution in [2.45, 2.75) is 19.8 Å². The molecule has 0 unspecified atom stereocenters. The Hall–Kier alpha value is -4.00. The number of hydrogen-bond acceptors (Lipinski definition) is 3. The molecular weight excluding hydrogens is 412 g/mol. The smallest absolute Gasteiger partial charge is 0.278 e. The molecule has 1 N–H and O–H groups in total. The minimum atomic E-state index is -0.979. The Morgan fingerprint density at radius 2 is 1.81 bits per heavy atom. The molecule has 0 aliphatic carbocycles. The van der Waals surface area contributed by atoms with Crippen molar-refractivity contribution in [2.75, 3.05) is 0 Å². The minimum Gasteiger partial charge on any atom is -0.466 e. The number of aromatic nitrogens is 3. The van der Waals surface area contributed by atoms with Gasteiger partial charge >= 0.3 is 0 Å². The zero-order valence-electron chi connectivity index (χ0n) is 17.2. The molecule has 0 saturated carbocycles. The number of aromatic amines is 1. The Morgan fingerprint density at radius 1 is 1.00 bits per heavy atom. The van der Waals surface area contributed by atoms with Crippen LogP contribution in [0.3, 0.4) is 0 Å². The van der Waals surface area contributed by atoms with Gasteiger partial charge in [0, 0.05) is 18.2 Å². The van der Waals surface area contributed by atoms with Gasteiger partial charge in [0.1, 0.15) is 17.2 Å². The van der Waals surface area contributed by atoms with Gasteiger partial charge in [-0.05, 0) is 36.8 Å². The molecule has 5 rings (SSSR count). The van der Waals surface area contributed by atoms with Gasteiger partial charge in [-0.2, -0.15) is 0 Å². The number of hydrogen-bond donors (Lipinski definition) is 1. The van der Waals surface area contributed by atoms with Crippen molar-refractivity contribution in [1.82, 2.24) is 14.5 Å². The van der Waals surface area contributed by atoms with Gasteiger partial charge in [0.25, 0.3) is 5.56 Å². The van der Waals surface area contributed by atoms with E-state index in [9.17, 15) is 13.6 Å². The fourth-order valence-electron chi connectivity index (χ4n) is 3.81. The highest BCUT2D eigenvalue weighted by molar-refractivity contribution is 5.61. The van der Waals surface area contributed by atoms with Gasteiger partial charge in [-0.3, -0.25) is 9.36 Å². The van der Waals surface area contributed by atoms with Crippen molar-refractivity contribution in [3.63, 3.8) is 0 Å². The molecule has 160 valence electrons. The molecule has 5 nitrogen and oxygen atoms in total. The molecule has 2 aromatic carbocycles. The van der Waals surface area contributed by atoms with E-state index in [1.807, 2.05) is 49.4 Å². The van der Waals surface area contributed by atoms with Crippen LogP contribution in [0, 0.1) is 18.6 Å². The number of fused-ring (bicyclic) bond motifs is 1. The van der Waals surface area contributed by atoms with Crippen LogP contribution in [0.2, 0.25) is 0 Å². The maximum atomic E-state index is 14.5. The second kappa shape index (κ2) is 7.92. The number of imidazole rings is 1. The standard InChI is InChI=1S/C25H19F2N3O2/c1-15-10-11-17(32-15)13-21-25(31)30-14-22(18-8-5-9-19(26)23(18)27)28-20(24(30)29-21)12-16-6-3-2-4-7-16/h2-11,14,28H,12-13H2,1H3. The number of rotatable bonds is 5. The summed E-state index contributed by atoms with van der Waals surface area (Å²) in [5.41, 5.74) is 1.93. The van der Waals surface area contributed by atoms with Crippen molar-refractivity contribution < 1.29 is 13.2 Å². The SMILES string of the molecule is Cc1ccc(Cc2nc3c(Cc4ccccc4)[nH]c(-c4cccc(F)c4F)cn-3c2=O)o1. The first-order chi connectivity index (χ1) is 15.5. The van der Waals surface area contributed by atoms with E-state index in [1.165, 1.54) is 22.9 Å². The Balaban J connectivity index is 1.68. The maximum absolute atomic E-state index is 14.5. The molecular formula is C25H19F2N3O2. The Labute approximate surface area is 182 Å². The van der Waals surface area contributed by atoms with Crippen LogP contribution >= 0.6 is 0 Å². The molecule has 32 heavy (non-hydrogen) atoms. The van der Waals surface area contributed by atoms with Crippen LogP contribution in [0.1, 0.15) is 28.5 Å². The number of aryl methyl sites for hydroxylation is 1. The first-order valence-electron chi connectivity index (χ1n) is 10.2. The third-order valence-electron chi connectivity index (χ3n) is 5.35. The van der Waals surface area contributed by atoms with Crippen LogP contribution in [-0.4, -0.2) is 14.5 Å². The lowest BCUT2D eigenvalue weighted by Crippen LogP contribution is -2.18. The van der Waals surface area contributed by atoms with Crippen molar-refractivity contribution in [2.24, 2.45) is 0 Å². The van der Waals surface area contributed by atoms with E-state index in [0.717, 1.165) is 17.4 Å². The topological polar surface area (TPSA) is 63.8 Å². The molecule has 2 aliphatic heterocycles. The van der Waals surface area contributed by atoms with E-state index in [-0.39, 0.29) is 23.2 Å². The summed E-state index contributed by atoms with van der Waals surface area (Å²) in [7, 11) is 0. The van der Waals surface area contributed by atoms with Crippen LogP contribution in [0.15, 0.2) is 76.1 Å². The fraction of sp³-hybridized carbons (Fsp3) is 0.120. The summed E-state index contributed by atoms with van der Waals surface area (Å²) in [6.07, 6.45) is 2.14. The van der Waals surface area contributed by atoms with E-state index in [4.69, 9.17) is 4.42 Å². The Kier molecular flexibility index (Phi) is 4.93. The van der Waals surface area contributed by atoms with E-state index < -0.39 is 11.6 Å². The molecule has 2 aliphatic rings. The second-order valence-corrected chi connectivity index (χ2v) is 7.66. The lowest BCUT2D eigenvalue weighted by atomic mass is 10.1. The maximum Gasteiger partial charge on any atom is 0.278 e. The molecule has 0 saturated heterocycles. The van der Waals surface area contributed by atoms with Crippen LogP contribution in [0.25, 0.3) is 17.1 Å². The molecule has 1 aromatic heterocycles. The quantitative estimate of drug-likeness (QED) is 0.425. The van der Waals surface area contributed by atoms with Gasteiger partial charge in [-0.25, -0.2) is 13.8 Å². The van der Waals surface area contributed by atoms with Crippen molar-refractivity contribution >= 4 is 0 Å². The first kappa shape index (κ1) is 19.9. The van der Waals surface area contributed by atoms with Gasteiger partial charge in [-0.1, -0.05) is 36.4 Å². The summed E-state index contributed by atoms with van der Waals surface area (Å²) in [6.45, 7) is 1.83. The average molecular weight is 431 g/mol. The van der Waals surface area contributed by atoms with E-state index in [0.29, 0.717) is 29.4 Å². The van der Waals surface area contributed by atoms with E-state index in [2.05, 4.69) is 9.97 Å². The summed E-state index contributed by atoms with van der Waals surface area (Å²) in [5, 5.41) is 0. The molecule has 0 spiro atoms. The van der Waals surface area contributed by atoms with Crippen molar-refractivity contribution in [3.05, 3.63) is 117 Å². The molecule has 0 amide bonds. The predicted octanol–water partition coefficient (Wildman–Crippen LogP) is 5.03. The third kappa shape index (κ3) is 3.62. The first-order valence-corrected chi connectivity index (χ1v) is 10.2. The predicted molar refractivity (Wildman–Crippen MR) is 116 cm³/mol. The molecule has 0 bridgehead atoms. The van der Waals surface area contributed by atoms with Gasteiger partial charge < -0.3 is 9.40 Å². The molecule has 7 heteroatoms. The highest BCUT2D eigenvalue weighted by Gasteiger charge is 2.22. The Morgan fingerprint density at radius 3 is 2.56 bits per heavy atom. The largest absolute Gasteiger partial charge is 0.466 e. The highest BCUT2D eigenvalue weighted by atomic mass is 19.2.